The van der Waals surface area contributed by atoms with Crippen molar-refractivity contribution in [3.63, 3.8) is 0 Å². The lowest BCUT2D eigenvalue weighted by atomic mass is 10.1. The Bertz CT molecular complexity index is 848. The second-order valence-corrected chi connectivity index (χ2v) is 8.87. The molecule has 0 unspecified atom stereocenters. The smallest absolute Gasteiger partial charge is 0.169 e. The summed E-state index contributed by atoms with van der Waals surface area (Å²) in [7, 11) is 3.95. The molecule has 7 heteroatoms. The van der Waals surface area contributed by atoms with Gasteiger partial charge in [-0.05, 0) is 36.6 Å². The molecule has 2 aromatic rings. The van der Waals surface area contributed by atoms with Gasteiger partial charge >= 0.3 is 0 Å². The second-order valence-electron chi connectivity index (χ2n) is 7.80. The number of thioether (sulfide) groups is 1. The van der Waals surface area contributed by atoms with E-state index >= 15 is 0 Å². The third-order valence-electron chi connectivity index (χ3n) is 5.42. The van der Waals surface area contributed by atoms with Crippen molar-refractivity contribution in [3.05, 3.63) is 59.9 Å². The van der Waals surface area contributed by atoms with Crippen LogP contribution in [0.4, 0.5) is 5.69 Å². The van der Waals surface area contributed by atoms with Gasteiger partial charge in [0.25, 0.3) is 0 Å². The van der Waals surface area contributed by atoms with E-state index in [1.54, 1.807) is 0 Å². The van der Waals surface area contributed by atoms with E-state index in [0.717, 1.165) is 41.7 Å². The van der Waals surface area contributed by atoms with Gasteiger partial charge in [0.2, 0.25) is 0 Å². The summed E-state index contributed by atoms with van der Waals surface area (Å²) in [6, 6.07) is 12.4. The lowest BCUT2D eigenvalue weighted by molar-refractivity contribution is -0.697. The molecule has 33 heavy (non-hydrogen) atoms. The van der Waals surface area contributed by atoms with Crippen molar-refractivity contribution in [2.45, 2.75) is 26.3 Å². The minimum absolute atomic E-state index is 0.0692. The molecule has 0 amide bonds. The molecule has 1 heterocycles. The van der Waals surface area contributed by atoms with Gasteiger partial charge in [0, 0.05) is 63.7 Å². The van der Waals surface area contributed by atoms with Crippen LogP contribution in [0.3, 0.4) is 0 Å². The molecule has 2 N–H and O–H groups in total. The summed E-state index contributed by atoms with van der Waals surface area (Å²) in [6.07, 6.45) is 10.8. The van der Waals surface area contributed by atoms with Crippen LogP contribution in [0.5, 0.6) is 0 Å². The van der Waals surface area contributed by atoms with Crippen LogP contribution < -0.4 is 9.47 Å². The first-order chi connectivity index (χ1) is 16.1. The van der Waals surface area contributed by atoms with Crippen LogP contribution in [0.1, 0.15) is 30.9 Å². The van der Waals surface area contributed by atoms with Crippen LogP contribution in [0.15, 0.2) is 53.8 Å². The Kier molecular flexibility index (Phi) is 12.6. The van der Waals surface area contributed by atoms with E-state index < -0.39 is 0 Å². The molecule has 1 aromatic heterocycles. The summed E-state index contributed by atoms with van der Waals surface area (Å²) in [4.78, 5) is 8.52. The Morgan fingerprint density at radius 2 is 1.58 bits per heavy atom. The molecule has 0 spiro atoms. The highest BCUT2D eigenvalue weighted by Gasteiger charge is 2.06. The molecule has 0 bridgehead atoms. The van der Waals surface area contributed by atoms with Crippen molar-refractivity contribution < 1.29 is 14.8 Å². The van der Waals surface area contributed by atoms with E-state index in [0.29, 0.717) is 13.1 Å². The maximum absolute atomic E-state index is 9.19. The largest absolute Gasteiger partial charge is 0.395 e. The molecule has 6 nitrogen and oxygen atoms in total. The van der Waals surface area contributed by atoms with Crippen molar-refractivity contribution in [3.8, 4) is 0 Å². The lowest BCUT2D eigenvalue weighted by Gasteiger charge is -2.22. The Morgan fingerprint density at radius 3 is 2.12 bits per heavy atom. The van der Waals surface area contributed by atoms with Crippen LogP contribution in [0.25, 0.3) is 12.2 Å². The van der Waals surface area contributed by atoms with Crippen molar-refractivity contribution in [2.75, 3.05) is 57.6 Å². The van der Waals surface area contributed by atoms with E-state index in [-0.39, 0.29) is 13.2 Å². The van der Waals surface area contributed by atoms with Gasteiger partial charge in [0.1, 0.15) is 6.54 Å². The monoisotopic (exact) mass is 471 g/mol. The van der Waals surface area contributed by atoms with Crippen LogP contribution in [-0.4, -0.2) is 73.0 Å². The van der Waals surface area contributed by atoms with E-state index in [1.165, 1.54) is 12.0 Å². The highest BCUT2D eigenvalue weighted by molar-refractivity contribution is 8.13. The zero-order valence-electron chi connectivity index (χ0n) is 20.2. The number of unbranched alkanes of at least 4 members (excludes halogenated alkanes) is 1. The molecular formula is C26H39N4O2S+. The number of aliphatic hydroxyl groups is 2. The SMILES string of the molecule is CCN(C)/C(=N/C)SCCCC[n+]1ccc(/C=C/c2ccc(N(CCO)CCO)cc2)cc1. The third kappa shape index (κ3) is 9.58. The van der Waals surface area contributed by atoms with Gasteiger partial charge in [-0.1, -0.05) is 36.0 Å². The lowest BCUT2D eigenvalue weighted by Crippen LogP contribution is -2.32. The maximum atomic E-state index is 9.19. The number of aromatic nitrogens is 1. The number of aryl methyl sites for hydroxylation is 1. The Hall–Kier alpha value is -2.35. The number of aliphatic hydroxyl groups excluding tert-OH is 2. The molecule has 2 rings (SSSR count). The summed E-state index contributed by atoms with van der Waals surface area (Å²) in [5.74, 6) is 1.09. The molecule has 0 atom stereocenters. The standard InChI is InChI=1S/C26H39N4O2S/c1-4-28(3)26(27-2)33-22-6-5-15-29-16-13-24(14-17-29)8-7-23-9-11-25(12-10-23)30(18-20-31)19-21-32/h7-14,16-17,31-32H,4-6,15,18-22H2,1-3H3/q+1/b27-26-. The number of amidine groups is 1. The summed E-state index contributed by atoms with van der Waals surface area (Å²) in [6.45, 7) is 5.32. The number of aliphatic imine (C=N–C) groups is 1. The van der Waals surface area contributed by atoms with Gasteiger partial charge in [-0.15, -0.1) is 0 Å². The minimum atomic E-state index is 0.0692. The van der Waals surface area contributed by atoms with Gasteiger partial charge < -0.3 is 20.0 Å². The number of nitrogens with zero attached hydrogens (tertiary/aromatic N) is 4. The second kappa shape index (κ2) is 15.5. The predicted molar refractivity (Wildman–Crippen MR) is 142 cm³/mol. The quantitative estimate of drug-likeness (QED) is 0.203. The molecule has 0 fully saturated rings. The first kappa shape index (κ1) is 26.9. The first-order valence-corrected chi connectivity index (χ1v) is 12.6. The summed E-state index contributed by atoms with van der Waals surface area (Å²) in [5.41, 5.74) is 3.29. The molecule has 0 saturated heterocycles. The number of pyridine rings is 1. The molecule has 0 aliphatic heterocycles. The average Bonchev–Trinajstić information content (AvgIpc) is 2.85. The number of hydrogen-bond donors (Lipinski definition) is 2. The number of rotatable bonds is 13. The zero-order chi connectivity index (χ0) is 23.9. The molecule has 1 aromatic carbocycles. The fourth-order valence-corrected chi connectivity index (χ4v) is 4.38. The predicted octanol–water partition coefficient (Wildman–Crippen LogP) is 3.39. The molecule has 180 valence electrons. The van der Waals surface area contributed by atoms with Crippen molar-refractivity contribution in [2.24, 2.45) is 4.99 Å². The average molecular weight is 472 g/mol. The van der Waals surface area contributed by atoms with Gasteiger partial charge in [0.15, 0.2) is 17.6 Å². The minimum Gasteiger partial charge on any atom is -0.395 e. The number of anilines is 1. The summed E-state index contributed by atoms with van der Waals surface area (Å²) in [5, 5.41) is 19.5. The summed E-state index contributed by atoms with van der Waals surface area (Å²) >= 11 is 1.84. The van der Waals surface area contributed by atoms with E-state index in [2.05, 4.69) is 77.2 Å². The third-order valence-corrected chi connectivity index (χ3v) is 6.66. The van der Waals surface area contributed by atoms with Gasteiger partial charge in [-0.2, -0.15) is 0 Å². The Labute approximate surface area is 203 Å². The highest BCUT2D eigenvalue weighted by Crippen LogP contribution is 2.16. The van der Waals surface area contributed by atoms with E-state index in [4.69, 9.17) is 0 Å². The van der Waals surface area contributed by atoms with Crippen LogP contribution >= 0.6 is 11.8 Å². The maximum Gasteiger partial charge on any atom is 0.169 e. The van der Waals surface area contributed by atoms with Gasteiger partial charge in [-0.3, -0.25) is 4.99 Å². The van der Waals surface area contributed by atoms with Gasteiger partial charge in [-0.25, -0.2) is 4.57 Å². The Balaban J connectivity index is 1.79. The number of hydrogen-bond acceptors (Lipinski definition) is 5. The normalized spacial score (nSPS) is 11.8. The molecule has 0 aliphatic rings. The summed E-state index contributed by atoms with van der Waals surface area (Å²) < 4.78 is 2.24. The molecule has 0 radical (unpaired) electrons. The van der Waals surface area contributed by atoms with Crippen molar-refractivity contribution in [1.82, 2.24) is 4.90 Å². The first-order valence-electron chi connectivity index (χ1n) is 11.7. The molecular weight excluding hydrogens is 432 g/mol. The van der Waals surface area contributed by atoms with Crippen LogP contribution in [0, 0.1) is 0 Å². The van der Waals surface area contributed by atoms with Crippen LogP contribution in [0.2, 0.25) is 0 Å². The fraction of sp³-hybridized carbons (Fsp3) is 0.462. The highest BCUT2D eigenvalue weighted by atomic mass is 32.2. The number of benzene rings is 1. The van der Waals surface area contributed by atoms with E-state index in [1.807, 2.05) is 35.8 Å². The van der Waals surface area contributed by atoms with Crippen molar-refractivity contribution in [1.29, 1.82) is 0 Å². The van der Waals surface area contributed by atoms with Crippen LogP contribution in [-0.2, 0) is 6.54 Å². The topological polar surface area (TPSA) is 63.2 Å². The van der Waals surface area contributed by atoms with Gasteiger partial charge in [0.05, 0.1) is 13.2 Å². The van der Waals surface area contributed by atoms with Crippen molar-refractivity contribution >= 4 is 34.8 Å². The Morgan fingerprint density at radius 1 is 0.970 bits per heavy atom. The van der Waals surface area contributed by atoms with E-state index in [9.17, 15) is 10.2 Å². The molecule has 0 aliphatic carbocycles. The molecule has 0 saturated carbocycles. The fourth-order valence-electron chi connectivity index (χ4n) is 3.37. The zero-order valence-corrected chi connectivity index (χ0v) is 21.0.